The van der Waals surface area contributed by atoms with Gasteiger partial charge in [0, 0.05) is 6.42 Å². The average molecular weight is 450 g/mol. The standard InChI is InChI=1S/C20H26N4O8/c25-12-5-3-11(4-6-12)8-14(19(30)24-15(20(31)32)9-17(27)28)23-16(26)10-22-18(29)13-2-1-7-21-13/h3-6,13-15,21,25H,1-2,7-10H2,(H,22,29)(H,23,26)(H,24,30)(H,27,28)(H,31,32). The number of aliphatic carboxylic acids is 2. The molecule has 12 heteroatoms. The molecular formula is C20H26N4O8. The van der Waals surface area contributed by atoms with E-state index in [4.69, 9.17) is 10.2 Å². The van der Waals surface area contributed by atoms with E-state index >= 15 is 0 Å². The molecule has 0 spiro atoms. The predicted molar refractivity (Wildman–Crippen MR) is 110 cm³/mol. The van der Waals surface area contributed by atoms with Gasteiger partial charge >= 0.3 is 11.9 Å². The summed E-state index contributed by atoms with van der Waals surface area (Å²) in [5.41, 5.74) is 0.549. The number of hydrogen-bond donors (Lipinski definition) is 7. The van der Waals surface area contributed by atoms with Gasteiger partial charge in [-0.1, -0.05) is 12.1 Å². The second kappa shape index (κ2) is 11.6. The first-order valence-electron chi connectivity index (χ1n) is 9.99. The number of phenolic OH excluding ortho intramolecular Hbond substituents is 1. The number of carboxylic acids is 2. The van der Waals surface area contributed by atoms with E-state index in [1.165, 1.54) is 24.3 Å². The monoisotopic (exact) mass is 450 g/mol. The Morgan fingerprint density at radius 3 is 2.28 bits per heavy atom. The molecule has 1 aromatic carbocycles. The van der Waals surface area contributed by atoms with E-state index in [1.807, 2.05) is 0 Å². The molecule has 0 aromatic heterocycles. The zero-order valence-electron chi connectivity index (χ0n) is 17.2. The highest BCUT2D eigenvalue weighted by Gasteiger charge is 2.29. The maximum Gasteiger partial charge on any atom is 0.326 e. The van der Waals surface area contributed by atoms with Crippen molar-refractivity contribution in [1.29, 1.82) is 0 Å². The Hall–Kier alpha value is -3.67. The zero-order chi connectivity index (χ0) is 23.7. The number of carboxylic acid groups (broad SMARTS) is 2. The Kier molecular flexibility index (Phi) is 8.95. The van der Waals surface area contributed by atoms with Gasteiger partial charge in [0.25, 0.3) is 0 Å². The molecule has 7 N–H and O–H groups in total. The van der Waals surface area contributed by atoms with Gasteiger partial charge in [0.15, 0.2) is 0 Å². The Morgan fingerprint density at radius 2 is 1.72 bits per heavy atom. The summed E-state index contributed by atoms with van der Waals surface area (Å²) in [4.78, 5) is 59.2. The first-order chi connectivity index (χ1) is 15.2. The Morgan fingerprint density at radius 1 is 1.03 bits per heavy atom. The van der Waals surface area contributed by atoms with Crippen LogP contribution >= 0.6 is 0 Å². The lowest BCUT2D eigenvalue weighted by Gasteiger charge is -2.21. The van der Waals surface area contributed by atoms with Crippen molar-refractivity contribution in [2.75, 3.05) is 13.1 Å². The maximum atomic E-state index is 12.7. The van der Waals surface area contributed by atoms with Gasteiger partial charge in [-0.05, 0) is 37.1 Å². The van der Waals surface area contributed by atoms with Gasteiger partial charge in [-0.3, -0.25) is 19.2 Å². The number of aromatic hydroxyl groups is 1. The number of carbonyl (C=O) groups is 5. The summed E-state index contributed by atoms with van der Waals surface area (Å²) in [6.45, 7) is 0.314. The number of amides is 3. The van der Waals surface area contributed by atoms with Crippen molar-refractivity contribution < 1.29 is 39.3 Å². The van der Waals surface area contributed by atoms with E-state index in [9.17, 15) is 29.1 Å². The normalized spacial score (nSPS) is 17.1. The van der Waals surface area contributed by atoms with Crippen LogP contribution in [0.15, 0.2) is 24.3 Å². The molecule has 12 nitrogen and oxygen atoms in total. The highest BCUT2D eigenvalue weighted by molar-refractivity contribution is 5.93. The number of nitrogens with one attached hydrogen (secondary N) is 4. The van der Waals surface area contributed by atoms with Crippen LogP contribution in [-0.2, 0) is 30.4 Å². The third kappa shape index (κ3) is 7.87. The van der Waals surface area contributed by atoms with Crippen LogP contribution in [0.25, 0.3) is 0 Å². The summed E-state index contributed by atoms with van der Waals surface area (Å²) < 4.78 is 0. The average Bonchev–Trinajstić information content (AvgIpc) is 3.27. The largest absolute Gasteiger partial charge is 0.508 e. The fraction of sp³-hybridized carbons (Fsp3) is 0.450. The molecule has 1 aliphatic rings. The van der Waals surface area contributed by atoms with Crippen LogP contribution in [0.4, 0.5) is 0 Å². The molecule has 3 unspecified atom stereocenters. The minimum atomic E-state index is -1.69. The van der Waals surface area contributed by atoms with Crippen molar-refractivity contribution in [1.82, 2.24) is 21.3 Å². The van der Waals surface area contributed by atoms with Crippen molar-refractivity contribution in [2.24, 2.45) is 0 Å². The molecular weight excluding hydrogens is 424 g/mol. The van der Waals surface area contributed by atoms with Crippen LogP contribution < -0.4 is 21.3 Å². The molecule has 2 rings (SSSR count). The SMILES string of the molecule is O=C(O)CC(NC(=O)C(Cc1ccc(O)cc1)NC(=O)CNC(=O)C1CCCN1)C(=O)O. The van der Waals surface area contributed by atoms with Crippen LogP contribution in [0, 0.1) is 0 Å². The van der Waals surface area contributed by atoms with Crippen molar-refractivity contribution in [2.45, 2.75) is 43.8 Å². The van der Waals surface area contributed by atoms with Gasteiger partial charge in [-0.25, -0.2) is 4.79 Å². The summed E-state index contributed by atoms with van der Waals surface area (Å²) in [6, 6.07) is 2.47. The number of carbonyl (C=O) groups excluding carboxylic acids is 3. The topological polar surface area (TPSA) is 194 Å². The molecule has 174 valence electrons. The smallest absolute Gasteiger partial charge is 0.326 e. The summed E-state index contributed by atoms with van der Waals surface area (Å²) in [7, 11) is 0. The Labute approximate surface area is 183 Å². The minimum Gasteiger partial charge on any atom is -0.508 e. The Balaban J connectivity index is 2.04. The minimum absolute atomic E-state index is 0.00517. The van der Waals surface area contributed by atoms with E-state index < -0.39 is 48.8 Å². The molecule has 1 fully saturated rings. The van der Waals surface area contributed by atoms with Crippen LogP contribution in [0.3, 0.4) is 0 Å². The summed E-state index contributed by atoms with van der Waals surface area (Å²) >= 11 is 0. The molecule has 0 aliphatic carbocycles. The van der Waals surface area contributed by atoms with Gasteiger partial charge in [-0.2, -0.15) is 0 Å². The first-order valence-corrected chi connectivity index (χ1v) is 9.99. The molecule has 1 aromatic rings. The number of rotatable bonds is 11. The fourth-order valence-electron chi connectivity index (χ4n) is 3.17. The third-order valence-corrected chi connectivity index (χ3v) is 4.82. The second-order valence-corrected chi connectivity index (χ2v) is 7.35. The van der Waals surface area contributed by atoms with Gasteiger partial charge in [0.05, 0.1) is 19.0 Å². The van der Waals surface area contributed by atoms with E-state index in [0.717, 1.165) is 6.42 Å². The number of phenols is 1. The van der Waals surface area contributed by atoms with Crippen molar-refractivity contribution in [3.8, 4) is 5.75 Å². The zero-order valence-corrected chi connectivity index (χ0v) is 17.2. The Bertz CT molecular complexity index is 852. The van der Waals surface area contributed by atoms with E-state index in [0.29, 0.717) is 18.5 Å². The molecule has 1 aliphatic heterocycles. The molecule has 1 saturated heterocycles. The van der Waals surface area contributed by atoms with Gasteiger partial charge in [0.1, 0.15) is 17.8 Å². The molecule has 0 saturated carbocycles. The van der Waals surface area contributed by atoms with Crippen molar-refractivity contribution in [3.63, 3.8) is 0 Å². The maximum absolute atomic E-state index is 12.7. The second-order valence-electron chi connectivity index (χ2n) is 7.35. The molecule has 3 atom stereocenters. The predicted octanol–water partition coefficient (Wildman–Crippen LogP) is -1.67. The lowest BCUT2D eigenvalue weighted by atomic mass is 10.0. The molecule has 32 heavy (non-hydrogen) atoms. The summed E-state index contributed by atoms with van der Waals surface area (Å²) in [5.74, 6) is -4.88. The van der Waals surface area contributed by atoms with Crippen LogP contribution in [0.1, 0.15) is 24.8 Å². The third-order valence-electron chi connectivity index (χ3n) is 4.82. The molecule has 3 amide bonds. The number of benzene rings is 1. The van der Waals surface area contributed by atoms with E-state index in [1.54, 1.807) is 0 Å². The van der Waals surface area contributed by atoms with Crippen molar-refractivity contribution >= 4 is 29.7 Å². The summed E-state index contributed by atoms with van der Waals surface area (Å²) in [5, 5.41) is 37.4. The number of hydrogen-bond acceptors (Lipinski definition) is 7. The quantitative estimate of drug-likeness (QED) is 0.206. The van der Waals surface area contributed by atoms with Gasteiger partial charge in [0.2, 0.25) is 17.7 Å². The van der Waals surface area contributed by atoms with Crippen LogP contribution in [0.2, 0.25) is 0 Å². The molecule has 0 bridgehead atoms. The fourth-order valence-corrected chi connectivity index (χ4v) is 3.17. The van der Waals surface area contributed by atoms with E-state index in [-0.39, 0.29) is 24.1 Å². The van der Waals surface area contributed by atoms with Gasteiger partial charge in [-0.15, -0.1) is 0 Å². The summed E-state index contributed by atoms with van der Waals surface area (Å²) in [6.07, 6.45) is 0.598. The molecule has 1 heterocycles. The van der Waals surface area contributed by atoms with Crippen LogP contribution in [-0.4, -0.2) is 76.2 Å². The first kappa shape index (κ1) is 24.6. The highest BCUT2D eigenvalue weighted by atomic mass is 16.4. The molecule has 0 radical (unpaired) electrons. The lowest BCUT2D eigenvalue weighted by Crippen LogP contribution is -2.54. The lowest BCUT2D eigenvalue weighted by molar-refractivity contribution is -0.147. The highest BCUT2D eigenvalue weighted by Crippen LogP contribution is 2.12. The van der Waals surface area contributed by atoms with E-state index in [2.05, 4.69) is 21.3 Å². The van der Waals surface area contributed by atoms with Crippen LogP contribution in [0.5, 0.6) is 5.75 Å². The van der Waals surface area contributed by atoms with Gasteiger partial charge < -0.3 is 36.6 Å². The van der Waals surface area contributed by atoms with Crippen molar-refractivity contribution in [3.05, 3.63) is 29.8 Å².